The maximum atomic E-state index is 11.2. The molecule has 0 fully saturated rings. The highest BCUT2D eigenvalue weighted by molar-refractivity contribution is 7.90. The molecule has 4 rings (SSSR count). The Balaban J connectivity index is 1.59. The van der Waals surface area contributed by atoms with Crippen molar-refractivity contribution in [2.75, 3.05) is 23.9 Å². The molecule has 10 heteroatoms. The van der Waals surface area contributed by atoms with Gasteiger partial charge in [0, 0.05) is 22.9 Å². The number of sulfone groups is 1. The molecule has 164 valence electrons. The maximum Gasteiger partial charge on any atom is 0.149 e. The number of anilines is 2. The van der Waals surface area contributed by atoms with Gasteiger partial charge in [0.25, 0.3) is 0 Å². The molecule has 2 aromatic heterocycles. The number of fused-ring (bicyclic) bond motifs is 1. The molecule has 0 amide bonds. The number of halogens is 1. The monoisotopic (exact) mass is 470 g/mol. The molecule has 0 radical (unpaired) electrons. The van der Waals surface area contributed by atoms with Crippen LogP contribution in [0.15, 0.2) is 64.3 Å². The van der Waals surface area contributed by atoms with Gasteiger partial charge in [-0.1, -0.05) is 11.6 Å². The zero-order valence-corrected chi connectivity index (χ0v) is 18.6. The van der Waals surface area contributed by atoms with E-state index in [-0.39, 0.29) is 23.1 Å². The summed E-state index contributed by atoms with van der Waals surface area (Å²) < 4.78 is 28.2. The van der Waals surface area contributed by atoms with Gasteiger partial charge in [-0.3, -0.25) is 4.99 Å². The average molecular weight is 471 g/mol. The van der Waals surface area contributed by atoms with Gasteiger partial charge >= 0.3 is 0 Å². The Hall–Kier alpha value is -3.43. The second kappa shape index (κ2) is 8.97. The molecule has 0 saturated heterocycles. The molecule has 2 aromatic carbocycles. The molecule has 8 nitrogen and oxygen atoms in total. The largest absolute Gasteiger partial charge is 0.506 e. The quantitative estimate of drug-likeness (QED) is 0.302. The number of furan rings is 1. The van der Waals surface area contributed by atoms with Crippen LogP contribution in [0.5, 0.6) is 5.75 Å². The van der Waals surface area contributed by atoms with Crippen LogP contribution in [-0.4, -0.2) is 48.3 Å². The summed E-state index contributed by atoms with van der Waals surface area (Å²) in [6.45, 7) is 0.179. The number of aromatic hydroxyl groups is 1. The van der Waals surface area contributed by atoms with E-state index in [0.717, 1.165) is 16.5 Å². The van der Waals surface area contributed by atoms with E-state index in [1.54, 1.807) is 18.2 Å². The Morgan fingerprint density at radius 2 is 2.00 bits per heavy atom. The Morgan fingerprint density at radius 1 is 1.16 bits per heavy atom. The van der Waals surface area contributed by atoms with E-state index in [2.05, 4.69) is 20.3 Å². The molecular weight excluding hydrogens is 452 g/mol. The van der Waals surface area contributed by atoms with Gasteiger partial charge in [0.2, 0.25) is 0 Å². The van der Waals surface area contributed by atoms with Crippen LogP contribution in [0.4, 0.5) is 11.5 Å². The maximum absolute atomic E-state index is 11.2. The summed E-state index contributed by atoms with van der Waals surface area (Å²) >= 11 is 6.00. The molecule has 0 aliphatic rings. The van der Waals surface area contributed by atoms with Crippen LogP contribution >= 0.6 is 11.6 Å². The lowest BCUT2D eigenvalue weighted by molar-refractivity contribution is 0.475. The zero-order chi connectivity index (χ0) is 22.7. The number of rotatable bonds is 7. The van der Waals surface area contributed by atoms with Gasteiger partial charge in [0.05, 0.1) is 29.1 Å². The summed E-state index contributed by atoms with van der Waals surface area (Å²) in [6, 6.07) is 14.0. The summed E-state index contributed by atoms with van der Waals surface area (Å²) in [5.74, 6) is 1.71. The normalized spacial score (nSPS) is 11.9. The summed E-state index contributed by atoms with van der Waals surface area (Å²) in [5.41, 5.74) is 2.23. The van der Waals surface area contributed by atoms with Crippen LogP contribution in [0.2, 0.25) is 5.02 Å². The van der Waals surface area contributed by atoms with Crippen LogP contribution in [0.25, 0.3) is 22.2 Å². The summed E-state index contributed by atoms with van der Waals surface area (Å²) in [4.78, 5) is 12.7. The van der Waals surface area contributed by atoms with Crippen molar-refractivity contribution in [3.8, 4) is 17.1 Å². The molecule has 2 N–H and O–H groups in total. The first-order valence-corrected chi connectivity index (χ1v) is 12.0. The van der Waals surface area contributed by atoms with E-state index in [1.165, 1.54) is 24.9 Å². The first kappa shape index (κ1) is 21.8. The van der Waals surface area contributed by atoms with Crippen molar-refractivity contribution in [2.45, 2.75) is 0 Å². The van der Waals surface area contributed by atoms with Crippen LogP contribution in [-0.2, 0) is 9.84 Å². The molecule has 0 unspecified atom stereocenters. The molecule has 4 aromatic rings. The number of nitrogens with one attached hydrogen (secondary N) is 1. The second-order valence-electron chi connectivity index (χ2n) is 7.11. The first-order chi connectivity index (χ1) is 15.3. The Kier molecular flexibility index (Phi) is 6.11. The third-order valence-electron chi connectivity index (χ3n) is 4.57. The standard InChI is InChI=1S/C22H19ClN4O4S/c1-32(29,30)9-8-24-12-16-4-7-21(31-16)14-2-5-19-17(10-14)22(26-13-25-19)27-15-3-6-20(28)18(23)11-15/h2-7,10-13,28H,8-9H2,1H3,(H,25,26,27)/b24-12+. The number of aliphatic imine (C=N–C) groups is 1. The average Bonchev–Trinajstić information content (AvgIpc) is 3.22. The van der Waals surface area contributed by atoms with Gasteiger partial charge in [-0.05, 0) is 48.5 Å². The predicted octanol–water partition coefficient (Wildman–Crippen LogP) is 4.46. The molecule has 0 aliphatic heterocycles. The minimum absolute atomic E-state index is 0.000491. The SMILES string of the molecule is CS(=O)(=O)CC/N=C/c1ccc(-c2ccc3ncnc(Nc4ccc(O)c(Cl)c4)c3c2)o1. The minimum atomic E-state index is -3.05. The Morgan fingerprint density at radius 3 is 2.78 bits per heavy atom. The smallest absolute Gasteiger partial charge is 0.149 e. The minimum Gasteiger partial charge on any atom is -0.506 e. The van der Waals surface area contributed by atoms with Crippen LogP contribution in [0.1, 0.15) is 5.76 Å². The second-order valence-corrected chi connectivity index (χ2v) is 9.78. The van der Waals surface area contributed by atoms with Crippen molar-refractivity contribution < 1.29 is 17.9 Å². The van der Waals surface area contributed by atoms with E-state index >= 15 is 0 Å². The lowest BCUT2D eigenvalue weighted by atomic mass is 10.1. The lowest BCUT2D eigenvalue weighted by Crippen LogP contribution is -2.05. The summed E-state index contributed by atoms with van der Waals surface area (Å²) in [7, 11) is -3.05. The van der Waals surface area contributed by atoms with Crippen molar-refractivity contribution in [3.05, 3.63) is 65.6 Å². The zero-order valence-electron chi connectivity index (χ0n) is 17.0. The highest BCUT2D eigenvalue weighted by atomic mass is 35.5. The fraction of sp³-hybridized carbons (Fsp3) is 0.136. The van der Waals surface area contributed by atoms with Crippen LogP contribution in [0, 0.1) is 0 Å². The fourth-order valence-corrected chi connectivity index (χ4v) is 3.60. The number of nitrogens with zero attached hydrogens (tertiary/aromatic N) is 3. The number of phenols is 1. The number of benzene rings is 2. The van der Waals surface area contributed by atoms with Crippen LogP contribution < -0.4 is 5.32 Å². The van der Waals surface area contributed by atoms with Gasteiger partial charge in [-0.2, -0.15) is 0 Å². The molecule has 0 saturated carbocycles. The third-order valence-corrected chi connectivity index (χ3v) is 5.79. The van der Waals surface area contributed by atoms with Crippen molar-refractivity contribution in [1.29, 1.82) is 0 Å². The molecule has 0 spiro atoms. The Labute approximate surface area is 189 Å². The number of hydrogen-bond donors (Lipinski definition) is 2. The molecular formula is C22H19ClN4O4S. The number of phenolic OH excluding ortho intramolecular Hbond substituents is 1. The van der Waals surface area contributed by atoms with E-state index in [4.69, 9.17) is 16.0 Å². The van der Waals surface area contributed by atoms with E-state index in [1.807, 2.05) is 24.3 Å². The number of aromatic nitrogens is 2. The fourth-order valence-electron chi connectivity index (χ4n) is 2.98. The van der Waals surface area contributed by atoms with Crippen molar-refractivity contribution in [3.63, 3.8) is 0 Å². The molecule has 0 aliphatic carbocycles. The highest BCUT2D eigenvalue weighted by Crippen LogP contribution is 2.31. The number of hydrogen-bond acceptors (Lipinski definition) is 8. The van der Waals surface area contributed by atoms with Gasteiger partial charge in [-0.25, -0.2) is 18.4 Å². The molecule has 0 atom stereocenters. The highest BCUT2D eigenvalue weighted by Gasteiger charge is 2.10. The summed E-state index contributed by atoms with van der Waals surface area (Å²) in [6.07, 6.45) is 4.15. The van der Waals surface area contributed by atoms with Crippen molar-refractivity contribution in [1.82, 2.24) is 9.97 Å². The van der Waals surface area contributed by atoms with E-state index in [0.29, 0.717) is 23.0 Å². The van der Waals surface area contributed by atoms with Gasteiger partial charge in [-0.15, -0.1) is 0 Å². The summed E-state index contributed by atoms with van der Waals surface area (Å²) in [5, 5.41) is 13.8. The molecule has 0 bridgehead atoms. The van der Waals surface area contributed by atoms with Crippen LogP contribution in [0.3, 0.4) is 0 Å². The van der Waals surface area contributed by atoms with Gasteiger partial charge in [0.1, 0.15) is 39.3 Å². The van der Waals surface area contributed by atoms with E-state index in [9.17, 15) is 13.5 Å². The molecule has 32 heavy (non-hydrogen) atoms. The third kappa shape index (κ3) is 5.24. The van der Waals surface area contributed by atoms with E-state index < -0.39 is 9.84 Å². The van der Waals surface area contributed by atoms with Crippen molar-refractivity contribution >= 4 is 50.1 Å². The molecule has 2 heterocycles. The van der Waals surface area contributed by atoms with Gasteiger partial charge < -0.3 is 14.8 Å². The topological polar surface area (TPSA) is 118 Å². The first-order valence-electron chi connectivity index (χ1n) is 9.56. The lowest BCUT2D eigenvalue weighted by Gasteiger charge is -2.10. The Bertz CT molecular complexity index is 1420. The predicted molar refractivity (Wildman–Crippen MR) is 126 cm³/mol. The van der Waals surface area contributed by atoms with Gasteiger partial charge in [0.15, 0.2) is 0 Å². The van der Waals surface area contributed by atoms with Crippen molar-refractivity contribution in [2.24, 2.45) is 4.99 Å².